The monoisotopic (exact) mass is 307 g/mol. The van der Waals surface area contributed by atoms with Gasteiger partial charge in [-0.25, -0.2) is 9.18 Å². The van der Waals surface area contributed by atoms with Gasteiger partial charge in [0.2, 0.25) is 0 Å². The lowest BCUT2D eigenvalue weighted by Crippen LogP contribution is -2.14. The molecule has 23 heavy (non-hydrogen) atoms. The molecule has 0 aromatic heterocycles. The third-order valence-electron chi connectivity index (χ3n) is 3.46. The van der Waals surface area contributed by atoms with Crippen molar-refractivity contribution >= 4 is 23.0 Å². The molecule has 0 spiro atoms. The summed E-state index contributed by atoms with van der Waals surface area (Å²) in [6, 6.07) is 22.2. The van der Waals surface area contributed by atoms with Gasteiger partial charge in [0.25, 0.3) is 0 Å². The molecule has 114 valence electrons. The molecule has 3 rings (SSSR count). The van der Waals surface area contributed by atoms with Crippen LogP contribution in [0, 0.1) is 5.82 Å². The van der Waals surface area contributed by atoms with Crippen LogP contribution in [0.15, 0.2) is 78.9 Å². The van der Waals surface area contributed by atoms with Crippen LogP contribution in [-0.2, 0) is 0 Å². The first-order chi connectivity index (χ1) is 11.2. The smallest absolute Gasteiger partial charge is 0.337 e. The van der Waals surface area contributed by atoms with Crippen LogP contribution >= 0.6 is 0 Å². The van der Waals surface area contributed by atoms with Crippen molar-refractivity contribution in [1.82, 2.24) is 0 Å². The summed E-state index contributed by atoms with van der Waals surface area (Å²) in [6.07, 6.45) is 0. The van der Waals surface area contributed by atoms with Gasteiger partial charge in [-0.15, -0.1) is 0 Å². The molecule has 0 heterocycles. The number of nitrogens with zero attached hydrogens (tertiary/aromatic N) is 1. The number of rotatable bonds is 4. The summed E-state index contributed by atoms with van der Waals surface area (Å²) in [5.41, 5.74) is 1.84. The Hall–Kier alpha value is -3.14. The van der Waals surface area contributed by atoms with Crippen molar-refractivity contribution in [3.8, 4) is 0 Å². The van der Waals surface area contributed by atoms with E-state index in [4.69, 9.17) is 0 Å². The number of carboxylic acid groups (broad SMARTS) is 1. The van der Waals surface area contributed by atoms with Crippen molar-refractivity contribution in [2.45, 2.75) is 0 Å². The average molecular weight is 307 g/mol. The molecule has 0 saturated heterocycles. The summed E-state index contributed by atoms with van der Waals surface area (Å²) in [5.74, 6) is -1.58. The molecule has 0 bridgehead atoms. The van der Waals surface area contributed by atoms with Crippen LogP contribution in [0.2, 0.25) is 0 Å². The first kappa shape index (κ1) is 14.8. The number of para-hydroxylation sites is 2. The van der Waals surface area contributed by atoms with Gasteiger partial charge in [-0.2, -0.15) is 0 Å². The second kappa shape index (κ2) is 6.32. The van der Waals surface area contributed by atoms with E-state index >= 15 is 0 Å². The molecule has 0 saturated carbocycles. The lowest BCUT2D eigenvalue weighted by Gasteiger charge is -2.26. The molecule has 0 atom stereocenters. The SMILES string of the molecule is O=C(O)c1ccc(F)cc1N(c1ccccc1)c1ccccc1. The van der Waals surface area contributed by atoms with Gasteiger partial charge < -0.3 is 10.0 Å². The number of halogens is 1. The zero-order valence-corrected chi connectivity index (χ0v) is 12.2. The van der Waals surface area contributed by atoms with Gasteiger partial charge in [0.05, 0.1) is 11.3 Å². The summed E-state index contributed by atoms with van der Waals surface area (Å²) in [5, 5.41) is 9.45. The summed E-state index contributed by atoms with van der Waals surface area (Å²) < 4.78 is 13.8. The zero-order valence-electron chi connectivity index (χ0n) is 12.2. The van der Waals surface area contributed by atoms with Crippen LogP contribution in [-0.4, -0.2) is 11.1 Å². The average Bonchev–Trinajstić information content (AvgIpc) is 2.57. The topological polar surface area (TPSA) is 40.5 Å². The van der Waals surface area contributed by atoms with E-state index in [0.29, 0.717) is 0 Å². The Morgan fingerprint density at radius 1 is 0.826 bits per heavy atom. The van der Waals surface area contributed by atoms with E-state index in [2.05, 4.69) is 0 Å². The number of aromatic carboxylic acids is 1. The highest BCUT2D eigenvalue weighted by atomic mass is 19.1. The Balaban J connectivity index is 2.25. The van der Waals surface area contributed by atoms with Gasteiger partial charge in [0.15, 0.2) is 0 Å². The molecule has 0 fully saturated rings. The zero-order chi connectivity index (χ0) is 16.2. The van der Waals surface area contributed by atoms with Crippen molar-refractivity contribution in [3.63, 3.8) is 0 Å². The summed E-state index contributed by atoms with van der Waals surface area (Å²) in [6.45, 7) is 0. The number of anilines is 3. The van der Waals surface area contributed by atoms with Crippen molar-refractivity contribution < 1.29 is 14.3 Å². The van der Waals surface area contributed by atoms with Crippen molar-refractivity contribution in [2.75, 3.05) is 4.90 Å². The van der Waals surface area contributed by atoms with Crippen LogP contribution in [0.4, 0.5) is 21.5 Å². The minimum absolute atomic E-state index is 0.0408. The lowest BCUT2D eigenvalue weighted by atomic mass is 10.1. The predicted octanol–water partition coefficient (Wildman–Crippen LogP) is 4.99. The van der Waals surface area contributed by atoms with E-state index < -0.39 is 11.8 Å². The van der Waals surface area contributed by atoms with E-state index in [-0.39, 0.29) is 11.3 Å². The number of hydrogen-bond donors (Lipinski definition) is 1. The van der Waals surface area contributed by atoms with E-state index in [1.807, 2.05) is 60.7 Å². The standard InChI is InChI=1S/C19H14FNO2/c20-14-11-12-17(19(22)23)18(13-14)21(15-7-3-1-4-8-15)16-9-5-2-6-10-16/h1-13H,(H,22,23). The van der Waals surface area contributed by atoms with E-state index in [0.717, 1.165) is 17.4 Å². The second-order valence-electron chi connectivity index (χ2n) is 4.97. The first-order valence-electron chi connectivity index (χ1n) is 7.10. The summed E-state index contributed by atoms with van der Waals surface area (Å²) >= 11 is 0. The Morgan fingerprint density at radius 2 is 1.35 bits per heavy atom. The summed E-state index contributed by atoms with van der Waals surface area (Å²) in [7, 11) is 0. The van der Waals surface area contributed by atoms with Crippen LogP contribution < -0.4 is 4.90 Å². The Kier molecular flexibility index (Phi) is 4.06. The number of hydrogen-bond acceptors (Lipinski definition) is 2. The van der Waals surface area contributed by atoms with Gasteiger partial charge in [-0.1, -0.05) is 36.4 Å². The Morgan fingerprint density at radius 3 is 1.83 bits per heavy atom. The highest BCUT2D eigenvalue weighted by Crippen LogP contribution is 2.36. The van der Waals surface area contributed by atoms with Crippen LogP contribution in [0.5, 0.6) is 0 Å². The fraction of sp³-hybridized carbons (Fsp3) is 0. The molecule has 0 aliphatic carbocycles. The molecule has 3 aromatic rings. The quantitative estimate of drug-likeness (QED) is 0.738. The fourth-order valence-corrected chi connectivity index (χ4v) is 2.45. The van der Waals surface area contributed by atoms with Crippen molar-refractivity contribution in [2.24, 2.45) is 0 Å². The van der Waals surface area contributed by atoms with Gasteiger partial charge in [-0.05, 0) is 42.5 Å². The largest absolute Gasteiger partial charge is 0.478 e. The molecular weight excluding hydrogens is 293 g/mol. The number of carbonyl (C=O) groups is 1. The third kappa shape index (κ3) is 3.06. The maximum atomic E-state index is 13.8. The fourth-order valence-electron chi connectivity index (χ4n) is 2.45. The maximum absolute atomic E-state index is 13.8. The molecule has 0 radical (unpaired) electrons. The van der Waals surface area contributed by atoms with Crippen LogP contribution in [0.25, 0.3) is 0 Å². The van der Waals surface area contributed by atoms with Gasteiger partial charge in [-0.3, -0.25) is 0 Å². The predicted molar refractivity (Wildman–Crippen MR) is 88.0 cm³/mol. The molecule has 0 aliphatic rings. The number of carboxylic acids is 1. The molecule has 3 nitrogen and oxygen atoms in total. The van der Waals surface area contributed by atoms with Gasteiger partial charge >= 0.3 is 5.97 Å². The van der Waals surface area contributed by atoms with E-state index in [1.165, 1.54) is 12.1 Å². The van der Waals surface area contributed by atoms with E-state index in [1.54, 1.807) is 4.90 Å². The van der Waals surface area contributed by atoms with Crippen LogP contribution in [0.1, 0.15) is 10.4 Å². The molecule has 0 amide bonds. The molecule has 1 N–H and O–H groups in total. The first-order valence-corrected chi connectivity index (χ1v) is 7.10. The lowest BCUT2D eigenvalue weighted by molar-refractivity contribution is 0.0697. The summed E-state index contributed by atoms with van der Waals surface area (Å²) in [4.78, 5) is 13.3. The Labute approximate surface area is 133 Å². The second-order valence-corrected chi connectivity index (χ2v) is 4.97. The molecule has 4 heteroatoms. The maximum Gasteiger partial charge on any atom is 0.337 e. The third-order valence-corrected chi connectivity index (χ3v) is 3.46. The minimum Gasteiger partial charge on any atom is -0.478 e. The van der Waals surface area contributed by atoms with Crippen LogP contribution in [0.3, 0.4) is 0 Å². The van der Waals surface area contributed by atoms with E-state index in [9.17, 15) is 14.3 Å². The van der Waals surface area contributed by atoms with Gasteiger partial charge in [0, 0.05) is 11.4 Å². The van der Waals surface area contributed by atoms with Gasteiger partial charge in [0.1, 0.15) is 5.82 Å². The van der Waals surface area contributed by atoms with Crippen molar-refractivity contribution in [3.05, 3.63) is 90.2 Å². The van der Waals surface area contributed by atoms with Crippen molar-refractivity contribution in [1.29, 1.82) is 0 Å². The molecule has 0 unspecified atom stereocenters. The molecule has 0 aliphatic heterocycles. The highest BCUT2D eigenvalue weighted by Gasteiger charge is 2.19. The highest BCUT2D eigenvalue weighted by molar-refractivity contribution is 5.97. The minimum atomic E-state index is -1.10. The molecule has 3 aromatic carbocycles. The Bertz CT molecular complexity index is 780. The number of benzene rings is 3. The molecular formula is C19H14FNO2. The normalized spacial score (nSPS) is 10.3.